The van der Waals surface area contributed by atoms with Crippen LogP contribution in [0.25, 0.3) is 0 Å². The van der Waals surface area contributed by atoms with Gasteiger partial charge >= 0.3 is 0 Å². The predicted molar refractivity (Wildman–Crippen MR) is 58.3 cm³/mol. The van der Waals surface area contributed by atoms with Crippen molar-refractivity contribution in [2.24, 2.45) is 0 Å². The number of fused-ring (bicyclic) bond motifs is 2. The van der Waals surface area contributed by atoms with Crippen LogP contribution in [-0.2, 0) is 25.9 Å². The van der Waals surface area contributed by atoms with Gasteiger partial charge in [-0.1, -0.05) is 19.1 Å². The summed E-state index contributed by atoms with van der Waals surface area (Å²) in [7, 11) is 0. The Morgan fingerprint density at radius 3 is 2.07 bits per heavy atom. The molecule has 3 rings (SSSR count). The molecule has 0 saturated carbocycles. The molecule has 0 amide bonds. The van der Waals surface area contributed by atoms with E-state index in [1.54, 1.807) is 22.3 Å². The lowest BCUT2D eigenvalue weighted by Crippen LogP contribution is -2.14. The summed E-state index contributed by atoms with van der Waals surface area (Å²) in [6.45, 7) is 5.79. The molecule has 14 heavy (non-hydrogen) atoms. The Kier molecular flexibility index (Phi) is 1.88. The fourth-order valence-electron chi connectivity index (χ4n) is 2.78. The van der Waals surface area contributed by atoms with Gasteiger partial charge in [0.15, 0.2) is 0 Å². The van der Waals surface area contributed by atoms with Crippen LogP contribution in [0.2, 0.25) is 0 Å². The van der Waals surface area contributed by atoms with Gasteiger partial charge in [0.25, 0.3) is 0 Å². The maximum absolute atomic E-state index is 2.51. The van der Waals surface area contributed by atoms with Crippen LogP contribution in [0.1, 0.15) is 35.6 Å². The summed E-state index contributed by atoms with van der Waals surface area (Å²) in [6, 6.07) is 4.93. The molecule has 0 N–H and O–H groups in total. The van der Waals surface area contributed by atoms with Crippen molar-refractivity contribution >= 4 is 0 Å². The molecule has 1 aromatic rings. The normalized spacial score (nSPS) is 19.8. The molecule has 0 unspecified atom stereocenters. The van der Waals surface area contributed by atoms with E-state index in [4.69, 9.17) is 0 Å². The van der Waals surface area contributed by atoms with Crippen molar-refractivity contribution in [2.45, 2.75) is 39.3 Å². The molecule has 0 bridgehead atoms. The van der Waals surface area contributed by atoms with Crippen molar-refractivity contribution in [3.63, 3.8) is 0 Å². The van der Waals surface area contributed by atoms with Gasteiger partial charge in [0.2, 0.25) is 0 Å². The minimum atomic E-state index is 1.18. The highest BCUT2D eigenvalue weighted by atomic mass is 15.1. The highest BCUT2D eigenvalue weighted by Crippen LogP contribution is 2.30. The van der Waals surface area contributed by atoms with E-state index >= 15 is 0 Å². The Hall–Kier alpha value is -0.820. The summed E-state index contributed by atoms with van der Waals surface area (Å²) in [5.74, 6) is 0. The Morgan fingerprint density at radius 1 is 1.00 bits per heavy atom. The molecule has 1 aliphatic heterocycles. The summed E-state index contributed by atoms with van der Waals surface area (Å²) >= 11 is 0. The van der Waals surface area contributed by atoms with Gasteiger partial charge < -0.3 is 0 Å². The first-order chi connectivity index (χ1) is 6.86. The predicted octanol–water partition coefficient (Wildman–Crippen LogP) is 2.51. The molecule has 2 aliphatic rings. The van der Waals surface area contributed by atoms with Crippen LogP contribution < -0.4 is 0 Å². The van der Waals surface area contributed by atoms with Crippen LogP contribution in [0.3, 0.4) is 0 Å². The highest BCUT2D eigenvalue weighted by Gasteiger charge is 2.21. The molecule has 1 aromatic carbocycles. The second-order valence-electron chi connectivity index (χ2n) is 4.55. The molecule has 0 fully saturated rings. The molecule has 0 atom stereocenters. The van der Waals surface area contributed by atoms with Crippen LogP contribution in [0, 0.1) is 0 Å². The van der Waals surface area contributed by atoms with Gasteiger partial charge in [-0.3, -0.25) is 4.90 Å². The van der Waals surface area contributed by atoms with E-state index in [0.717, 1.165) is 0 Å². The lowest BCUT2D eigenvalue weighted by Gasteiger charge is -2.09. The Morgan fingerprint density at radius 2 is 1.57 bits per heavy atom. The molecule has 1 nitrogen and oxygen atoms in total. The van der Waals surface area contributed by atoms with Gasteiger partial charge in [-0.25, -0.2) is 0 Å². The van der Waals surface area contributed by atoms with Crippen molar-refractivity contribution < 1.29 is 0 Å². The summed E-state index contributed by atoms with van der Waals surface area (Å²) < 4.78 is 0. The highest BCUT2D eigenvalue weighted by molar-refractivity contribution is 5.42. The van der Waals surface area contributed by atoms with E-state index in [0.29, 0.717) is 0 Å². The quantitative estimate of drug-likeness (QED) is 0.653. The Labute approximate surface area is 85.7 Å². The first-order valence-electron chi connectivity index (χ1n) is 5.72. The Bertz CT molecular complexity index is 335. The molecule has 1 heterocycles. The molecule has 0 spiro atoms. The molecule has 0 radical (unpaired) electrons. The summed E-state index contributed by atoms with van der Waals surface area (Å²) in [4.78, 5) is 2.51. The minimum absolute atomic E-state index is 1.18. The minimum Gasteiger partial charge on any atom is -0.295 e. The number of hydrogen-bond donors (Lipinski definition) is 0. The van der Waals surface area contributed by atoms with Crippen LogP contribution in [0.15, 0.2) is 12.1 Å². The zero-order valence-electron chi connectivity index (χ0n) is 8.84. The zero-order valence-corrected chi connectivity index (χ0v) is 8.84. The first kappa shape index (κ1) is 8.49. The van der Waals surface area contributed by atoms with Crippen molar-refractivity contribution in [1.82, 2.24) is 4.90 Å². The standard InChI is InChI=1S/C13H17N/c1-2-14-8-12-6-10-4-3-5-11(10)7-13(12)9-14/h6-7H,2-5,8-9H2,1H3. The third-order valence-electron chi connectivity index (χ3n) is 3.65. The molecule has 74 valence electrons. The lowest BCUT2D eigenvalue weighted by atomic mass is 10.0. The molecule has 0 saturated heterocycles. The van der Waals surface area contributed by atoms with Gasteiger partial charge in [0.1, 0.15) is 0 Å². The monoisotopic (exact) mass is 187 g/mol. The van der Waals surface area contributed by atoms with Crippen molar-refractivity contribution in [3.05, 3.63) is 34.4 Å². The van der Waals surface area contributed by atoms with E-state index in [1.807, 2.05) is 0 Å². The fourth-order valence-corrected chi connectivity index (χ4v) is 2.78. The van der Waals surface area contributed by atoms with E-state index in [2.05, 4.69) is 24.0 Å². The number of hydrogen-bond acceptors (Lipinski definition) is 1. The fraction of sp³-hybridized carbons (Fsp3) is 0.538. The topological polar surface area (TPSA) is 3.24 Å². The van der Waals surface area contributed by atoms with Crippen LogP contribution in [0.5, 0.6) is 0 Å². The van der Waals surface area contributed by atoms with Crippen molar-refractivity contribution in [3.8, 4) is 0 Å². The Balaban J connectivity index is 2.00. The molecule has 1 aliphatic carbocycles. The molecule has 0 aromatic heterocycles. The number of benzene rings is 1. The van der Waals surface area contributed by atoms with Gasteiger partial charge in [-0.15, -0.1) is 0 Å². The largest absolute Gasteiger partial charge is 0.295 e. The van der Waals surface area contributed by atoms with E-state index in [9.17, 15) is 0 Å². The first-order valence-corrected chi connectivity index (χ1v) is 5.72. The average molecular weight is 187 g/mol. The third kappa shape index (κ3) is 1.19. The molecular formula is C13H17N. The third-order valence-corrected chi connectivity index (χ3v) is 3.65. The lowest BCUT2D eigenvalue weighted by molar-refractivity contribution is 0.301. The molecular weight excluding hydrogens is 170 g/mol. The van der Waals surface area contributed by atoms with Gasteiger partial charge in [0.05, 0.1) is 0 Å². The zero-order chi connectivity index (χ0) is 9.54. The van der Waals surface area contributed by atoms with Crippen LogP contribution in [-0.4, -0.2) is 11.4 Å². The smallest absolute Gasteiger partial charge is 0.0240 e. The maximum atomic E-state index is 2.51. The summed E-state index contributed by atoms with van der Waals surface area (Å²) in [5, 5.41) is 0. The van der Waals surface area contributed by atoms with Gasteiger partial charge in [-0.05, 0) is 48.1 Å². The SMILES string of the molecule is CCN1Cc2cc3c(cc2C1)CCC3. The van der Waals surface area contributed by atoms with E-state index in [-0.39, 0.29) is 0 Å². The summed E-state index contributed by atoms with van der Waals surface area (Å²) in [5.41, 5.74) is 6.43. The van der Waals surface area contributed by atoms with E-state index < -0.39 is 0 Å². The van der Waals surface area contributed by atoms with Crippen molar-refractivity contribution in [1.29, 1.82) is 0 Å². The molecule has 1 heteroatoms. The van der Waals surface area contributed by atoms with Gasteiger partial charge in [-0.2, -0.15) is 0 Å². The number of nitrogens with zero attached hydrogens (tertiary/aromatic N) is 1. The van der Waals surface area contributed by atoms with E-state index in [1.165, 1.54) is 38.9 Å². The van der Waals surface area contributed by atoms with Crippen molar-refractivity contribution in [2.75, 3.05) is 6.54 Å². The number of aryl methyl sites for hydroxylation is 2. The summed E-state index contributed by atoms with van der Waals surface area (Å²) in [6.07, 6.45) is 4.00. The number of rotatable bonds is 1. The van der Waals surface area contributed by atoms with Crippen LogP contribution >= 0.6 is 0 Å². The second kappa shape index (κ2) is 3.09. The van der Waals surface area contributed by atoms with Gasteiger partial charge in [0, 0.05) is 13.1 Å². The maximum Gasteiger partial charge on any atom is 0.0240 e. The second-order valence-corrected chi connectivity index (χ2v) is 4.55. The van der Waals surface area contributed by atoms with Crippen LogP contribution in [0.4, 0.5) is 0 Å². The average Bonchev–Trinajstić information content (AvgIpc) is 2.77.